The molecule has 0 amide bonds. The third-order valence-electron chi connectivity index (χ3n) is 2.91. The van der Waals surface area contributed by atoms with Crippen LogP contribution in [0, 0.1) is 11.3 Å². The fraction of sp³-hybridized carbons (Fsp3) is 1.00. The van der Waals surface area contributed by atoms with Gasteiger partial charge in [-0.15, -0.1) is 0 Å². The summed E-state index contributed by atoms with van der Waals surface area (Å²) in [6.07, 6.45) is 2.44. The minimum Gasteiger partial charge on any atom is -0.382 e. The van der Waals surface area contributed by atoms with E-state index < -0.39 is 0 Å². The summed E-state index contributed by atoms with van der Waals surface area (Å²) in [6, 6.07) is 0. The topological polar surface area (TPSA) is 21.3 Å². The third-order valence-corrected chi connectivity index (χ3v) is 2.91. The average molecular weight is 215 g/mol. The molecule has 15 heavy (non-hydrogen) atoms. The van der Waals surface area contributed by atoms with Crippen molar-refractivity contribution in [3.05, 3.63) is 0 Å². The Morgan fingerprint density at radius 1 is 1.20 bits per heavy atom. The zero-order valence-corrected chi connectivity index (χ0v) is 11.2. The number of rotatable bonds is 8. The minimum atomic E-state index is 0.397. The van der Waals surface area contributed by atoms with Crippen LogP contribution in [-0.2, 0) is 4.74 Å². The molecule has 0 aliphatic carbocycles. The highest BCUT2D eigenvalue weighted by molar-refractivity contribution is 4.75. The predicted molar refractivity (Wildman–Crippen MR) is 67.2 cm³/mol. The molecule has 1 unspecified atom stereocenters. The lowest BCUT2D eigenvalue weighted by Crippen LogP contribution is -2.32. The second-order valence-corrected chi connectivity index (χ2v) is 5.21. The van der Waals surface area contributed by atoms with Crippen molar-refractivity contribution in [2.75, 3.05) is 26.3 Å². The van der Waals surface area contributed by atoms with Gasteiger partial charge >= 0.3 is 0 Å². The summed E-state index contributed by atoms with van der Waals surface area (Å²) in [5.41, 5.74) is 0.397. The molecule has 0 aromatic rings. The van der Waals surface area contributed by atoms with E-state index in [2.05, 4.69) is 39.9 Å². The van der Waals surface area contributed by atoms with E-state index in [0.717, 1.165) is 32.2 Å². The molecule has 0 aliphatic rings. The summed E-state index contributed by atoms with van der Waals surface area (Å²) >= 11 is 0. The van der Waals surface area contributed by atoms with Crippen molar-refractivity contribution in [2.24, 2.45) is 11.3 Å². The lowest BCUT2D eigenvalue weighted by molar-refractivity contribution is 0.127. The van der Waals surface area contributed by atoms with E-state index in [9.17, 15) is 0 Å². The van der Waals surface area contributed by atoms with Crippen molar-refractivity contribution in [3.8, 4) is 0 Å². The fourth-order valence-electron chi connectivity index (χ4n) is 1.74. The van der Waals surface area contributed by atoms with Crippen molar-refractivity contribution < 1.29 is 4.74 Å². The normalized spacial score (nSPS) is 14.2. The predicted octanol–water partition coefficient (Wildman–Crippen LogP) is 3.07. The van der Waals surface area contributed by atoms with Gasteiger partial charge in [0.05, 0.1) is 0 Å². The standard InChI is InChI=1S/C13H29NO/c1-6-14-11-12(13(3,4)5)9-8-10-15-7-2/h12,14H,6-11H2,1-5H3. The molecule has 0 aromatic carbocycles. The zero-order chi connectivity index (χ0) is 11.7. The molecule has 0 aliphatic heterocycles. The van der Waals surface area contributed by atoms with Crippen molar-refractivity contribution >= 4 is 0 Å². The number of hydrogen-bond donors (Lipinski definition) is 1. The van der Waals surface area contributed by atoms with Crippen LogP contribution < -0.4 is 5.32 Å². The molecule has 0 fully saturated rings. The molecule has 0 saturated heterocycles. The van der Waals surface area contributed by atoms with Gasteiger partial charge in [0, 0.05) is 13.2 Å². The van der Waals surface area contributed by atoms with Crippen molar-refractivity contribution in [2.45, 2.75) is 47.5 Å². The summed E-state index contributed by atoms with van der Waals surface area (Å²) in [6.45, 7) is 15.2. The van der Waals surface area contributed by atoms with Crippen LogP contribution in [-0.4, -0.2) is 26.3 Å². The van der Waals surface area contributed by atoms with Crippen LogP contribution in [0.25, 0.3) is 0 Å². The molecule has 0 rings (SSSR count). The minimum absolute atomic E-state index is 0.397. The maximum atomic E-state index is 5.38. The quantitative estimate of drug-likeness (QED) is 0.628. The second kappa shape index (κ2) is 8.12. The molecule has 1 atom stereocenters. The van der Waals surface area contributed by atoms with E-state index in [4.69, 9.17) is 4.74 Å². The van der Waals surface area contributed by atoms with Crippen molar-refractivity contribution in [3.63, 3.8) is 0 Å². The van der Waals surface area contributed by atoms with Crippen molar-refractivity contribution in [1.82, 2.24) is 5.32 Å². The second-order valence-electron chi connectivity index (χ2n) is 5.21. The lowest BCUT2D eigenvalue weighted by Gasteiger charge is -2.31. The molecule has 0 radical (unpaired) electrons. The first kappa shape index (κ1) is 14.9. The van der Waals surface area contributed by atoms with Crippen LogP contribution >= 0.6 is 0 Å². The van der Waals surface area contributed by atoms with Crippen LogP contribution in [0.5, 0.6) is 0 Å². The molecular weight excluding hydrogens is 186 g/mol. The number of nitrogens with one attached hydrogen (secondary N) is 1. The largest absolute Gasteiger partial charge is 0.382 e. The van der Waals surface area contributed by atoms with Crippen LogP contribution in [0.15, 0.2) is 0 Å². The third kappa shape index (κ3) is 7.80. The highest BCUT2D eigenvalue weighted by Gasteiger charge is 2.23. The number of ether oxygens (including phenoxy) is 1. The Hall–Kier alpha value is -0.0800. The Balaban J connectivity index is 3.81. The summed E-state index contributed by atoms with van der Waals surface area (Å²) < 4.78 is 5.38. The maximum absolute atomic E-state index is 5.38. The van der Waals surface area contributed by atoms with Gasteiger partial charge in [0.2, 0.25) is 0 Å². The smallest absolute Gasteiger partial charge is 0.0466 e. The summed E-state index contributed by atoms with van der Waals surface area (Å²) in [5.74, 6) is 0.748. The van der Waals surface area contributed by atoms with E-state index >= 15 is 0 Å². The first-order chi connectivity index (χ1) is 7.02. The van der Waals surface area contributed by atoms with Crippen LogP contribution in [0.4, 0.5) is 0 Å². The molecule has 92 valence electrons. The van der Waals surface area contributed by atoms with Crippen LogP contribution in [0.1, 0.15) is 47.5 Å². The Morgan fingerprint density at radius 2 is 1.87 bits per heavy atom. The highest BCUT2D eigenvalue weighted by atomic mass is 16.5. The Kier molecular flexibility index (Phi) is 8.07. The van der Waals surface area contributed by atoms with Gasteiger partial charge in [-0.2, -0.15) is 0 Å². The zero-order valence-electron chi connectivity index (χ0n) is 11.2. The average Bonchev–Trinajstić information content (AvgIpc) is 2.15. The molecule has 2 nitrogen and oxygen atoms in total. The summed E-state index contributed by atoms with van der Waals surface area (Å²) in [4.78, 5) is 0. The molecule has 0 saturated carbocycles. The Morgan fingerprint density at radius 3 is 2.33 bits per heavy atom. The highest BCUT2D eigenvalue weighted by Crippen LogP contribution is 2.29. The van der Waals surface area contributed by atoms with Gasteiger partial charge in [-0.05, 0) is 44.2 Å². The van der Waals surface area contributed by atoms with Crippen LogP contribution in [0.2, 0.25) is 0 Å². The molecule has 0 spiro atoms. The van der Waals surface area contributed by atoms with E-state index in [1.54, 1.807) is 0 Å². The summed E-state index contributed by atoms with van der Waals surface area (Å²) in [7, 11) is 0. The molecule has 1 N–H and O–H groups in total. The van der Waals surface area contributed by atoms with Crippen molar-refractivity contribution in [1.29, 1.82) is 0 Å². The molecule has 0 aromatic heterocycles. The maximum Gasteiger partial charge on any atom is 0.0466 e. The van der Waals surface area contributed by atoms with Gasteiger partial charge in [-0.3, -0.25) is 0 Å². The van der Waals surface area contributed by atoms with E-state index in [1.165, 1.54) is 12.8 Å². The Bertz CT molecular complexity index is 140. The van der Waals surface area contributed by atoms with E-state index in [-0.39, 0.29) is 0 Å². The van der Waals surface area contributed by atoms with Crippen LogP contribution in [0.3, 0.4) is 0 Å². The Labute approximate surface area is 95.8 Å². The van der Waals surface area contributed by atoms with Gasteiger partial charge < -0.3 is 10.1 Å². The first-order valence-corrected chi connectivity index (χ1v) is 6.30. The van der Waals surface area contributed by atoms with Gasteiger partial charge in [0.25, 0.3) is 0 Å². The number of hydrogen-bond acceptors (Lipinski definition) is 2. The first-order valence-electron chi connectivity index (χ1n) is 6.30. The van der Waals surface area contributed by atoms with Gasteiger partial charge in [-0.25, -0.2) is 0 Å². The molecular formula is C13H29NO. The molecule has 2 heteroatoms. The van der Waals surface area contributed by atoms with Gasteiger partial charge in [-0.1, -0.05) is 27.7 Å². The summed E-state index contributed by atoms with van der Waals surface area (Å²) in [5, 5.41) is 3.45. The van der Waals surface area contributed by atoms with E-state index in [0.29, 0.717) is 5.41 Å². The fourth-order valence-corrected chi connectivity index (χ4v) is 1.74. The molecule has 0 heterocycles. The van der Waals surface area contributed by atoms with Gasteiger partial charge in [0.1, 0.15) is 0 Å². The lowest BCUT2D eigenvalue weighted by atomic mass is 9.78. The SMILES string of the molecule is CCNCC(CCCOCC)C(C)(C)C. The van der Waals surface area contributed by atoms with E-state index in [1.807, 2.05) is 0 Å². The molecule has 0 bridgehead atoms. The van der Waals surface area contributed by atoms with Gasteiger partial charge in [0.15, 0.2) is 0 Å². The monoisotopic (exact) mass is 215 g/mol.